The Hall–Kier alpha value is -2.32. The summed E-state index contributed by atoms with van der Waals surface area (Å²) in [4.78, 5) is 30.7. The van der Waals surface area contributed by atoms with Gasteiger partial charge in [-0.05, 0) is 54.9 Å². The molecule has 1 aliphatic heterocycles. The molecule has 0 saturated carbocycles. The molecule has 0 aromatic heterocycles. The van der Waals surface area contributed by atoms with E-state index in [1.807, 2.05) is 42.5 Å². The lowest BCUT2D eigenvalue weighted by Crippen LogP contribution is -2.46. The highest BCUT2D eigenvalue weighted by atomic mass is 79.9. The van der Waals surface area contributed by atoms with Crippen LogP contribution in [0.2, 0.25) is 0 Å². The largest absolute Gasteiger partial charge is 0.497 e. The van der Waals surface area contributed by atoms with Gasteiger partial charge in [-0.25, -0.2) is 4.99 Å². The molecule has 0 radical (unpaired) electrons. The van der Waals surface area contributed by atoms with E-state index < -0.39 is 0 Å². The molecule has 0 spiro atoms. The van der Waals surface area contributed by atoms with E-state index in [-0.39, 0.29) is 17.7 Å². The van der Waals surface area contributed by atoms with Crippen LogP contribution < -0.4 is 10.1 Å². The molecule has 2 aliphatic rings. The molecular formula is C22H24BrN3O3S. The van der Waals surface area contributed by atoms with Gasteiger partial charge in [0.2, 0.25) is 16.9 Å². The third-order valence-corrected chi connectivity index (χ3v) is 5.82. The minimum Gasteiger partial charge on any atom is -0.497 e. The molecule has 1 aromatic rings. The Labute approximate surface area is 190 Å². The number of halogens is 1. The van der Waals surface area contributed by atoms with Gasteiger partial charge in [0.1, 0.15) is 11.7 Å². The fourth-order valence-corrected chi connectivity index (χ4v) is 3.96. The Morgan fingerprint density at radius 1 is 1.23 bits per heavy atom. The standard InChI is InChI=1S/C22H24BrN3O3S/c1-29-17-9-6-15(7-10-17)14-24-20(27)5-3-2-4-12-26-21(28)18-13-16(23)8-11-19(18)25-22(26)30/h6-11,13,18H,2-5,12,14H2,1H3,(H,24,27). The van der Waals surface area contributed by atoms with Crippen LogP contribution in [0.4, 0.5) is 0 Å². The Bertz CT molecular complexity index is 909. The van der Waals surface area contributed by atoms with Gasteiger partial charge in [-0.1, -0.05) is 40.6 Å². The Morgan fingerprint density at radius 3 is 2.73 bits per heavy atom. The number of hydrogen-bond acceptors (Lipinski definition) is 4. The van der Waals surface area contributed by atoms with Crippen LogP contribution in [0.5, 0.6) is 5.75 Å². The predicted octanol–water partition coefficient (Wildman–Crippen LogP) is 3.90. The number of nitrogens with zero attached hydrogens (tertiary/aromatic N) is 2. The van der Waals surface area contributed by atoms with Crippen molar-refractivity contribution in [2.75, 3.05) is 13.7 Å². The van der Waals surface area contributed by atoms with Crippen molar-refractivity contribution < 1.29 is 14.3 Å². The minimum atomic E-state index is -0.375. The zero-order chi connectivity index (χ0) is 21.5. The summed E-state index contributed by atoms with van der Waals surface area (Å²) < 4.78 is 5.99. The minimum absolute atomic E-state index is 0.0219. The van der Waals surface area contributed by atoms with Crippen molar-refractivity contribution in [2.24, 2.45) is 10.9 Å². The lowest BCUT2D eigenvalue weighted by atomic mass is 9.95. The number of amides is 2. The second-order valence-corrected chi connectivity index (χ2v) is 8.39. The molecule has 1 N–H and O–H groups in total. The maximum absolute atomic E-state index is 12.7. The topological polar surface area (TPSA) is 71.0 Å². The van der Waals surface area contributed by atoms with Crippen LogP contribution in [0.3, 0.4) is 0 Å². The smallest absolute Gasteiger partial charge is 0.241 e. The molecule has 0 bridgehead atoms. The van der Waals surface area contributed by atoms with Gasteiger partial charge < -0.3 is 10.1 Å². The van der Waals surface area contributed by atoms with Gasteiger partial charge in [-0.15, -0.1) is 0 Å². The van der Waals surface area contributed by atoms with E-state index in [1.165, 1.54) is 0 Å². The van der Waals surface area contributed by atoms with E-state index in [0.717, 1.165) is 35.1 Å². The monoisotopic (exact) mass is 489 g/mol. The average molecular weight is 490 g/mol. The zero-order valence-electron chi connectivity index (χ0n) is 16.8. The van der Waals surface area contributed by atoms with Gasteiger partial charge in [0.15, 0.2) is 0 Å². The third-order valence-electron chi connectivity index (χ3n) is 4.98. The summed E-state index contributed by atoms with van der Waals surface area (Å²) in [5.74, 6) is 0.402. The summed E-state index contributed by atoms with van der Waals surface area (Å²) >= 11 is 8.70. The maximum Gasteiger partial charge on any atom is 0.241 e. The summed E-state index contributed by atoms with van der Waals surface area (Å²) in [7, 11) is 1.62. The molecule has 1 unspecified atom stereocenters. The van der Waals surface area contributed by atoms with Crippen molar-refractivity contribution in [3.05, 3.63) is 52.5 Å². The first-order chi connectivity index (χ1) is 14.5. The molecule has 1 aromatic carbocycles. The van der Waals surface area contributed by atoms with Gasteiger partial charge in [0, 0.05) is 24.0 Å². The molecule has 0 saturated heterocycles. The number of thiocarbonyl (C=S) groups is 1. The summed E-state index contributed by atoms with van der Waals surface area (Å²) in [5.41, 5.74) is 1.72. The molecular weight excluding hydrogens is 466 g/mol. The van der Waals surface area contributed by atoms with E-state index in [1.54, 1.807) is 12.0 Å². The summed E-state index contributed by atoms with van der Waals surface area (Å²) in [6, 6.07) is 7.61. The van der Waals surface area contributed by atoms with Crippen LogP contribution in [-0.2, 0) is 16.1 Å². The molecule has 2 amide bonds. The molecule has 30 heavy (non-hydrogen) atoms. The SMILES string of the molecule is COc1ccc(CNC(=O)CCCCCN2C(=O)C3C=C(Br)C=CC3=NC2=S)cc1. The number of fused-ring (bicyclic) bond motifs is 1. The second-order valence-electron chi connectivity index (χ2n) is 7.11. The van der Waals surface area contributed by atoms with Crippen molar-refractivity contribution in [2.45, 2.75) is 32.2 Å². The van der Waals surface area contributed by atoms with E-state index in [4.69, 9.17) is 17.0 Å². The number of benzene rings is 1. The van der Waals surface area contributed by atoms with Crippen molar-refractivity contribution >= 4 is 50.8 Å². The molecule has 1 aliphatic carbocycles. The van der Waals surface area contributed by atoms with Crippen LogP contribution in [0.25, 0.3) is 0 Å². The fourth-order valence-electron chi connectivity index (χ4n) is 3.28. The number of carbonyl (C=O) groups excluding carboxylic acids is 2. The zero-order valence-corrected chi connectivity index (χ0v) is 19.2. The number of ether oxygens (including phenoxy) is 1. The lowest BCUT2D eigenvalue weighted by Gasteiger charge is -2.30. The quantitative estimate of drug-likeness (QED) is 0.421. The molecule has 158 valence electrons. The van der Waals surface area contributed by atoms with Crippen molar-refractivity contribution in [1.29, 1.82) is 0 Å². The van der Waals surface area contributed by atoms with Crippen molar-refractivity contribution in [3.63, 3.8) is 0 Å². The van der Waals surface area contributed by atoms with Crippen LogP contribution in [-0.4, -0.2) is 41.2 Å². The number of hydrogen-bond donors (Lipinski definition) is 1. The molecule has 0 fully saturated rings. The molecule has 3 rings (SSSR count). The first-order valence-corrected chi connectivity index (χ1v) is 11.1. The van der Waals surface area contributed by atoms with Crippen LogP contribution in [0.1, 0.15) is 31.2 Å². The van der Waals surface area contributed by atoms with E-state index in [0.29, 0.717) is 30.3 Å². The number of aliphatic imine (C=N–C) groups is 1. The summed E-state index contributed by atoms with van der Waals surface area (Å²) in [5, 5.41) is 3.24. The van der Waals surface area contributed by atoms with E-state index in [9.17, 15) is 9.59 Å². The van der Waals surface area contributed by atoms with E-state index >= 15 is 0 Å². The first kappa shape index (κ1) is 22.4. The number of carbonyl (C=O) groups is 2. The van der Waals surface area contributed by atoms with Crippen molar-refractivity contribution in [1.82, 2.24) is 10.2 Å². The predicted molar refractivity (Wildman–Crippen MR) is 125 cm³/mol. The Kier molecular flexibility index (Phi) is 7.93. The molecule has 1 atom stereocenters. The fraction of sp³-hybridized carbons (Fsp3) is 0.364. The van der Waals surface area contributed by atoms with Crippen LogP contribution in [0, 0.1) is 5.92 Å². The number of unbranched alkanes of at least 4 members (excludes halogenated alkanes) is 2. The molecule has 1 heterocycles. The van der Waals surface area contributed by atoms with E-state index in [2.05, 4.69) is 26.2 Å². The first-order valence-electron chi connectivity index (χ1n) is 9.87. The average Bonchev–Trinajstić information content (AvgIpc) is 2.75. The van der Waals surface area contributed by atoms with Crippen LogP contribution >= 0.6 is 28.1 Å². The third kappa shape index (κ3) is 5.86. The van der Waals surface area contributed by atoms with Crippen molar-refractivity contribution in [3.8, 4) is 5.75 Å². The number of allylic oxidation sites excluding steroid dienone is 3. The Morgan fingerprint density at radius 2 is 2.00 bits per heavy atom. The highest BCUT2D eigenvalue weighted by Crippen LogP contribution is 2.25. The van der Waals surface area contributed by atoms with Gasteiger partial charge in [0.05, 0.1) is 12.8 Å². The Balaban J connectivity index is 1.36. The van der Waals surface area contributed by atoms with Gasteiger partial charge in [0.25, 0.3) is 0 Å². The normalized spacial score (nSPS) is 17.9. The molecule has 8 heteroatoms. The second kappa shape index (κ2) is 10.6. The van der Waals surface area contributed by atoms with Gasteiger partial charge in [-0.2, -0.15) is 0 Å². The van der Waals surface area contributed by atoms with Gasteiger partial charge in [-0.3, -0.25) is 14.5 Å². The lowest BCUT2D eigenvalue weighted by molar-refractivity contribution is -0.128. The summed E-state index contributed by atoms with van der Waals surface area (Å²) in [6.45, 7) is 1.02. The highest BCUT2D eigenvalue weighted by molar-refractivity contribution is 9.11. The van der Waals surface area contributed by atoms with Crippen LogP contribution in [0.15, 0.2) is 52.0 Å². The summed E-state index contributed by atoms with van der Waals surface area (Å²) in [6.07, 6.45) is 8.36. The number of methoxy groups -OCH3 is 1. The highest BCUT2D eigenvalue weighted by Gasteiger charge is 2.34. The number of nitrogens with one attached hydrogen (secondary N) is 1. The number of rotatable bonds is 9. The maximum atomic E-state index is 12.7. The molecule has 6 nitrogen and oxygen atoms in total. The van der Waals surface area contributed by atoms with Gasteiger partial charge >= 0.3 is 0 Å².